The molecule has 3 nitrogen and oxygen atoms in total. The van der Waals surface area contributed by atoms with E-state index in [-0.39, 0.29) is 6.71 Å². The maximum absolute atomic E-state index is 7.66. The number of fused-ring (bicyclic) bond motifs is 4. The third kappa shape index (κ3) is 6.55. The largest absolute Gasteiger partial charge is 0.459 e. The van der Waals surface area contributed by atoms with E-state index in [2.05, 4.69) is 140 Å². The molecular weight excluding hydrogens is 653 g/mol. The van der Waals surface area contributed by atoms with Crippen molar-refractivity contribution < 1.29 is 4.74 Å². The minimum Gasteiger partial charge on any atom is -0.459 e. The molecule has 0 unspecified atom stereocenters. The van der Waals surface area contributed by atoms with Gasteiger partial charge in [-0.15, -0.1) is 0 Å². The molecule has 8 rings (SSSR count). The predicted molar refractivity (Wildman–Crippen MR) is 234 cm³/mol. The molecule has 6 aromatic rings. The average molecular weight is 700 g/mol. The molecule has 264 valence electrons. The number of unbranched alkanes of at least 4 members (excludes halogenated alkanes) is 3. The van der Waals surface area contributed by atoms with E-state index in [1.54, 1.807) is 0 Å². The summed E-state index contributed by atoms with van der Waals surface area (Å²) in [5.41, 5.74) is 14.4. The fraction of sp³-hybridized carbons (Fsp3) is 0.250. The van der Waals surface area contributed by atoms with Crippen LogP contribution in [0.25, 0.3) is 0 Å². The lowest BCUT2D eigenvalue weighted by Gasteiger charge is -2.44. The van der Waals surface area contributed by atoms with E-state index in [0.717, 1.165) is 90.3 Å². The number of ether oxygens (including phenoxy) is 1. The van der Waals surface area contributed by atoms with Crippen LogP contribution in [0.15, 0.2) is 121 Å². The second kappa shape index (κ2) is 15.7. The molecule has 0 aromatic heterocycles. The summed E-state index contributed by atoms with van der Waals surface area (Å²) in [6.45, 7) is 6.66. The zero-order valence-corrected chi connectivity index (χ0v) is 31.9. The molecule has 0 aliphatic carbocycles. The van der Waals surface area contributed by atoms with E-state index in [9.17, 15) is 0 Å². The Morgan fingerprint density at radius 3 is 1.72 bits per heavy atom. The first-order valence-corrected chi connectivity index (χ1v) is 20.0. The van der Waals surface area contributed by atoms with Crippen molar-refractivity contribution in [1.29, 1.82) is 0 Å². The molecule has 0 bridgehead atoms. The topological polar surface area (TPSA) is 15.7 Å². The highest BCUT2D eigenvalue weighted by atomic mass is 16.5. The van der Waals surface area contributed by atoms with Crippen molar-refractivity contribution in [3.05, 3.63) is 138 Å². The summed E-state index contributed by atoms with van der Waals surface area (Å²) in [4.78, 5) is 4.55. The molecular formula is C48H47B3N2O. The molecule has 0 saturated carbocycles. The summed E-state index contributed by atoms with van der Waals surface area (Å²) in [6, 6.07) is 43.6. The zero-order chi connectivity index (χ0) is 37.2. The van der Waals surface area contributed by atoms with Crippen LogP contribution in [0, 0.1) is 0 Å². The molecule has 6 heteroatoms. The third-order valence-electron chi connectivity index (χ3n) is 11.2. The number of hydrogen-bond acceptors (Lipinski definition) is 3. The summed E-state index contributed by atoms with van der Waals surface area (Å²) >= 11 is 0. The van der Waals surface area contributed by atoms with Gasteiger partial charge in [0.25, 0.3) is 6.71 Å². The lowest BCUT2D eigenvalue weighted by atomic mass is 9.33. The van der Waals surface area contributed by atoms with Crippen LogP contribution in [-0.2, 0) is 19.3 Å². The van der Waals surface area contributed by atoms with Gasteiger partial charge in [0.05, 0.1) is 0 Å². The van der Waals surface area contributed by atoms with Crippen LogP contribution < -0.4 is 41.9 Å². The van der Waals surface area contributed by atoms with Gasteiger partial charge < -0.3 is 14.5 Å². The van der Waals surface area contributed by atoms with Crippen molar-refractivity contribution in [2.75, 3.05) is 9.80 Å². The highest BCUT2D eigenvalue weighted by Crippen LogP contribution is 2.43. The van der Waals surface area contributed by atoms with Gasteiger partial charge in [0, 0.05) is 34.1 Å². The quantitative estimate of drug-likeness (QED) is 0.112. The second-order valence-corrected chi connectivity index (χ2v) is 14.9. The number of anilines is 6. The van der Waals surface area contributed by atoms with E-state index >= 15 is 0 Å². The molecule has 0 amide bonds. The molecule has 0 fully saturated rings. The van der Waals surface area contributed by atoms with E-state index in [1.165, 1.54) is 40.5 Å². The fourth-order valence-corrected chi connectivity index (χ4v) is 8.38. The highest BCUT2D eigenvalue weighted by molar-refractivity contribution is 7.00. The second-order valence-electron chi connectivity index (χ2n) is 14.9. The summed E-state index contributed by atoms with van der Waals surface area (Å²) in [6.07, 6.45) is 10.1. The van der Waals surface area contributed by atoms with Crippen molar-refractivity contribution in [3.63, 3.8) is 0 Å². The summed E-state index contributed by atoms with van der Waals surface area (Å²) in [7, 11) is 15.1. The Morgan fingerprint density at radius 2 is 1.13 bits per heavy atom. The lowest BCUT2D eigenvalue weighted by Crippen LogP contribution is -2.62. The summed E-state index contributed by atoms with van der Waals surface area (Å²) < 4.78 is 7.06. The molecule has 0 N–H and O–H groups in total. The molecule has 0 saturated heterocycles. The Bertz CT molecular complexity index is 2220. The smallest absolute Gasteiger partial charge is 0.256 e. The Labute approximate surface area is 325 Å². The van der Waals surface area contributed by atoms with Gasteiger partial charge in [0.2, 0.25) is 0 Å². The monoisotopic (exact) mass is 700 g/mol. The van der Waals surface area contributed by atoms with Crippen LogP contribution in [0.1, 0.15) is 76.0 Å². The average Bonchev–Trinajstić information content (AvgIpc) is 3.22. The van der Waals surface area contributed by atoms with E-state index in [0.29, 0.717) is 16.7 Å². The number of aryl methyl sites for hydroxylation is 3. The standard InChI is InChI=1S/C48H47B3N2O/c1-4-7-16-33-23-27-38(28-24-33)53-41-29-25-34(17-8-5-2)31-39(41)51-40-32-35(18-9-6-3)26-30-42(40)54-48-44(50)46(43(49)47(53)45(48)51)52(36-19-12-10-13-20-36)37-21-14-11-15-22-37/h10-15,19-32H,4-9,16-18H2,1-3H3. The van der Waals surface area contributed by atoms with Gasteiger partial charge in [-0.1, -0.05) is 118 Å². The maximum atomic E-state index is 7.66. The predicted octanol–water partition coefficient (Wildman–Crippen LogP) is 9.18. The molecule has 2 heterocycles. The molecule has 0 spiro atoms. The minimum absolute atomic E-state index is 0.0995. The summed E-state index contributed by atoms with van der Waals surface area (Å²) in [5.74, 6) is 1.53. The third-order valence-corrected chi connectivity index (χ3v) is 11.2. The molecule has 0 atom stereocenters. The first-order valence-electron chi connectivity index (χ1n) is 20.0. The number of benzene rings is 6. The van der Waals surface area contributed by atoms with Crippen LogP contribution in [0.5, 0.6) is 11.5 Å². The Morgan fingerprint density at radius 1 is 0.593 bits per heavy atom. The highest BCUT2D eigenvalue weighted by Gasteiger charge is 2.44. The normalized spacial score (nSPS) is 12.5. The number of nitrogens with zero attached hydrogens (tertiary/aromatic N) is 2. The van der Waals surface area contributed by atoms with Crippen molar-refractivity contribution in [3.8, 4) is 11.5 Å². The van der Waals surface area contributed by atoms with Crippen molar-refractivity contribution in [2.24, 2.45) is 0 Å². The molecule has 2 aliphatic heterocycles. The Balaban J connectivity index is 1.44. The minimum atomic E-state index is -0.0995. The maximum Gasteiger partial charge on any atom is 0.256 e. The number of hydrogen-bond donors (Lipinski definition) is 0. The molecule has 54 heavy (non-hydrogen) atoms. The number of para-hydroxylation sites is 2. The number of rotatable bonds is 13. The summed E-state index contributed by atoms with van der Waals surface area (Å²) in [5, 5.41) is 0. The Hall–Kier alpha value is -5.09. The molecule has 4 radical (unpaired) electrons. The van der Waals surface area contributed by atoms with E-state index < -0.39 is 0 Å². The van der Waals surface area contributed by atoms with Crippen LogP contribution in [-0.4, -0.2) is 22.4 Å². The van der Waals surface area contributed by atoms with Gasteiger partial charge in [-0.2, -0.15) is 0 Å². The van der Waals surface area contributed by atoms with Crippen molar-refractivity contribution in [1.82, 2.24) is 0 Å². The van der Waals surface area contributed by atoms with Gasteiger partial charge in [-0.25, -0.2) is 0 Å². The SMILES string of the molecule is [B]c1c2c3c(c([B])c1N(c1ccccc1)c1ccccc1)N(c1ccc(CCCC)cc1)c1ccc(CCCC)cc1B3c1cc(CCCC)ccc1O2. The molecule has 2 aliphatic rings. The van der Waals surface area contributed by atoms with Crippen molar-refractivity contribution in [2.45, 2.75) is 78.6 Å². The van der Waals surface area contributed by atoms with Gasteiger partial charge in [-0.3, -0.25) is 0 Å². The fourth-order valence-electron chi connectivity index (χ4n) is 8.38. The first kappa shape index (κ1) is 35.9. The van der Waals surface area contributed by atoms with Crippen LogP contribution in [0.4, 0.5) is 34.1 Å². The van der Waals surface area contributed by atoms with Crippen LogP contribution in [0.3, 0.4) is 0 Å². The van der Waals surface area contributed by atoms with Gasteiger partial charge in [0.1, 0.15) is 27.2 Å². The van der Waals surface area contributed by atoms with Gasteiger partial charge in [-0.05, 0) is 126 Å². The zero-order valence-electron chi connectivity index (χ0n) is 31.9. The molecule has 6 aromatic carbocycles. The lowest BCUT2D eigenvalue weighted by molar-refractivity contribution is 0.491. The van der Waals surface area contributed by atoms with E-state index in [1.807, 2.05) is 12.1 Å². The van der Waals surface area contributed by atoms with Crippen molar-refractivity contribution >= 4 is 83.8 Å². The van der Waals surface area contributed by atoms with Gasteiger partial charge in [0.15, 0.2) is 0 Å². The van der Waals surface area contributed by atoms with Crippen LogP contribution >= 0.6 is 0 Å². The van der Waals surface area contributed by atoms with Crippen LogP contribution in [0.2, 0.25) is 0 Å². The Kier molecular flexibility index (Phi) is 10.5. The van der Waals surface area contributed by atoms with Gasteiger partial charge >= 0.3 is 0 Å². The van der Waals surface area contributed by atoms with E-state index in [4.69, 9.17) is 20.4 Å². The first-order chi connectivity index (χ1) is 26.5.